The summed E-state index contributed by atoms with van der Waals surface area (Å²) >= 11 is 5.91. The quantitative estimate of drug-likeness (QED) is 0.930. The van der Waals surface area contributed by atoms with Gasteiger partial charge in [0.05, 0.1) is 12.6 Å². The second-order valence-electron chi connectivity index (χ2n) is 5.49. The van der Waals surface area contributed by atoms with Gasteiger partial charge in [-0.05, 0) is 36.8 Å². The van der Waals surface area contributed by atoms with E-state index in [2.05, 4.69) is 5.32 Å². The van der Waals surface area contributed by atoms with Gasteiger partial charge in [-0.3, -0.25) is 4.79 Å². The summed E-state index contributed by atoms with van der Waals surface area (Å²) in [6.45, 7) is 2.47. The molecule has 0 fully saturated rings. The molecule has 2 aromatic rings. The number of hydrogen-bond donors (Lipinski definition) is 1. The zero-order chi connectivity index (χ0) is 16.2. The summed E-state index contributed by atoms with van der Waals surface area (Å²) in [7, 11) is 0. The Labute approximate surface area is 140 Å². The zero-order valence-electron chi connectivity index (χ0n) is 12.8. The van der Waals surface area contributed by atoms with E-state index in [1.54, 1.807) is 12.1 Å². The van der Waals surface area contributed by atoms with Crippen LogP contribution in [-0.4, -0.2) is 19.1 Å². The molecule has 0 spiro atoms. The highest BCUT2D eigenvalue weighted by Crippen LogP contribution is 2.31. The Morgan fingerprint density at radius 1 is 1.35 bits per heavy atom. The van der Waals surface area contributed by atoms with E-state index < -0.39 is 0 Å². The fraction of sp³-hybridized carbons (Fsp3) is 0.278. The highest BCUT2D eigenvalue weighted by atomic mass is 35.5. The second kappa shape index (κ2) is 6.92. The van der Waals surface area contributed by atoms with Crippen LogP contribution in [0.4, 0.5) is 0 Å². The van der Waals surface area contributed by atoms with Crippen molar-refractivity contribution in [2.24, 2.45) is 0 Å². The molecule has 4 nitrogen and oxygen atoms in total. The molecular formula is C18H18ClNO3. The van der Waals surface area contributed by atoms with Gasteiger partial charge in [-0.15, -0.1) is 0 Å². The lowest BCUT2D eigenvalue weighted by Gasteiger charge is -2.26. The van der Waals surface area contributed by atoms with Gasteiger partial charge in [-0.2, -0.15) is 0 Å². The van der Waals surface area contributed by atoms with Crippen molar-refractivity contribution in [1.82, 2.24) is 5.32 Å². The lowest BCUT2D eigenvalue weighted by molar-refractivity contribution is -0.124. The predicted molar refractivity (Wildman–Crippen MR) is 89.1 cm³/mol. The van der Waals surface area contributed by atoms with Gasteiger partial charge >= 0.3 is 0 Å². The van der Waals surface area contributed by atoms with Crippen molar-refractivity contribution in [3.8, 4) is 11.5 Å². The predicted octanol–water partition coefficient (Wildman–Crippen LogP) is 3.67. The van der Waals surface area contributed by atoms with Crippen LogP contribution in [0.25, 0.3) is 0 Å². The van der Waals surface area contributed by atoms with Crippen molar-refractivity contribution in [2.45, 2.75) is 19.4 Å². The van der Waals surface area contributed by atoms with Crippen molar-refractivity contribution < 1.29 is 14.3 Å². The van der Waals surface area contributed by atoms with Gasteiger partial charge < -0.3 is 14.8 Å². The van der Waals surface area contributed by atoms with Gasteiger partial charge in [0, 0.05) is 17.0 Å². The number of benzene rings is 2. The molecule has 0 bridgehead atoms. The third-order valence-corrected chi connectivity index (χ3v) is 4.02. The number of aryl methyl sites for hydroxylation is 1. The Hall–Kier alpha value is -2.20. The molecule has 0 saturated heterocycles. The van der Waals surface area contributed by atoms with Crippen molar-refractivity contribution in [1.29, 1.82) is 0 Å². The van der Waals surface area contributed by atoms with Gasteiger partial charge in [0.15, 0.2) is 6.61 Å². The van der Waals surface area contributed by atoms with Crippen LogP contribution in [0.2, 0.25) is 5.02 Å². The number of nitrogens with one attached hydrogen (secondary N) is 1. The van der Waals surface area contributed by atoms with E-state index in [-0.39, 0.29) is 18.6 Å². The standard InChI is InChI=1S/C18H18ClNO3/c1-12-10-13(19)6-7-16(12)23-11-18(21)20-15-8-9-22-17-5-3-2-4-14(15)17/h2-7,10,15H,8-9,11H2,1H3,(H,20,21). The maximum atomic E-state index is 12.2. The summed E-state index contributed by atoms with van der Waals surface area (Å²) in [6, 6.07) is 13.1. The molecule has 2 aromatic carbocycles. The molecule has 1 heterocycles. The molecule has 1 aliphatic rings. The molecule has 0 aliphatic carbocycles. The van der Waals surface area contributed by atoms with E-state index >= 15 is 0 Å². The summed E-state index contributed by atoms with van der Waals surface area (Å²) in [5.41, 5.74) is 1.91. The van der Waals surface area contributed by atoms with Crippen molar-refractivity contribution in [3.05, 3.63) is 58.6 Å². The van der Waals surface area contributed by atoms with Crippen LogP contribution < -0.4 is 14.8 Å². The number of ether oxygens (including phenoxy) is 2. The molecule has 1 atom stereocenters. The molecule has 23 heavy (non-hydrogen) atoms. The Balaban J connectivity index is 1.60. The van der Waals surface area contributed by atoms with Gasteiger partial charge in [0.25, 0.3) is 5.91 Å². The Morgan fingerprint density at radius 2 is 2.17 bits per heavy atom. The van der Waals surface area contributed by atoms with E-state index in [1.807, 2.05) is 37.3 Å². The van der Waals surface area contributed by atoms with Crippen LogP contribution in [0.15, 0.2) is 42.5 Å². The topological polar surface area (TPSA) is 47.6 Å². The number of carbonyl (C=O) groups excluding carboxylic acids is 1. The monoisotopic (exact) mass is 331 g/mol. The largest absolute Gasteiger partial charge is 0.493 e. The smallest absolute Gasteiger partial charge is 0.258 e. The average Bonchev–Trinajstić information content (AvgIpc) is 2.54. The lowest BCUT2D eigenvalue weighted by Crippen LogP contribution is -2.35. The summed E-state index contributed by atoms with van der Waals surface area (Å²) in [5, 5.41) is 3.66. The van der Waals surface area contributed by atoms with Crippen molar-refractivity contribution in [2.75, 3.05) is 13.2 Å². The minimum absolute atomic E-state index is 0.0258. The van der Waals surface area contributed by atoms with E-state index in [1.165, 1.54) is 0 Å². The van der Waals surface area contributed by atoms with E-state index in [0.29, 0.717) is 17.4 Å². The number of amides is 1. The number of para-hydroxylation sites is 1. The molecule has 1 unspecified atom stereocenters. The first-order chi connectivity index (χ1) is 11.1. The molecule has 120 valence electrons. The number of halogens is 1. The first-order valence-electron chi connectivity index (χ1n) is 7.53. The van der Waals surface area contributed by atoms with Crippen LogP contribution in [0.1, 0.15) is 23.6 Å². The summed E-state index contributed by atoms with van der Waals surface area (Å²) in [6.07, 6.45) is 0.753. The highest BCUT2D eigenvalue weighted by Gasteiger charge is 2.22. The molecule has 0 aromatic heterocycles. The van der Waals surface area contributed by atoms with Gasteiger partial charge in [-0.1, -0.05) is 29.8 Å². The zero-order valence-corrected chi connectivity index (χ0v) is 13.6. The first-order valence-corrected chi connectivity index (χ1v) is 7.91. The number of hydrogen-bond acceptors (Lipinski definition) is 3. The van der Waals surface area contributed by atoms with Gasteiger partial charge in [-0.25, -0.2) is 0 Å². The van der Waals surface area contributed by atoms with E-state index in [9.17, 15) is 4.79 Å². The first kappa shape index (κ1) is 15.7. The Kier molecular flexibility index (Phi) is 4.72. The molecule has 3 rings (SSSR count). The second-order valence-corrected chi connectivity index (χ2v) is 5.93. The fourth-order valence-electron chi connectivity index (χ4n) is 2.65. The maximum Gasteiger partial charge on any atom is 0.258 e. The summed E-state index contributed by atoms with van der Waals surface area (Å²) < 4.78 is 11.2. The SMILES string of the molecule is Cc1cc(Cl)ccc1OCC(=O)NC1CCOc2ccccc21. The van der Waals surface area contributed by atoms with Crippen LogP contribution in [0.3, 0.4) is 0 Å². The average molecular weight is 332 g/mol. The molecular weight excluding hydrogens is 314 g/mol. The molecule has 1 N–H and O–H groups in total. The van der Waals surface area contributed by atoms with Crippen LogP contribution in [-0.2, 0) is 4.79 Å². The van der Waals surface area contributed by atoms with Crippen LogP contribution in [0.5, 0.6) is 11.5 Å². The highest BCUT2D eigenvalue weighted by molar-refractivity contribution is 6.30. The number of carbonyl (C=O) groups is 1. The summed E-state index contributed by atoms with van der Waals surface area (Å²) in [5.74, 6) is 1.34. The Morgan fingerprint density at radius 3 is 3.00 bits per heavy atom. The van der Waals surface area contributed by atoms with Crippen LogP contribution >= 0.6 is 11.6 Å². The summed E-state index contributed by atoms with van der Waals surface area (Å²) in [4.78, 5) is 12.2. The van der Waals surface area contributed by atoms with E-state index in [0.717, 1.165) is 23.3 Å². The minimum Gasteiger partial charge on any atom is -0.493 e. The molecule has 1 aliphatic heterocycles. The molecule has 0 saturated carbocycles. The Bertz CT molecular complexity index is 717. The normalized spacial score (nSPS) is 16.2. The van der Waals surface area contributed by atoms with Crippen LogP contribution in [0, 0.1) is 6.92 Å². The third-order valence-electron chi connectivity index (χ3n) is 3.79. The lowest BCUT2D eigenvalue weighted by atomic mass is 10.0. The maximum absolute atomic E-state index is 12.2. The number of fused-ring (bicyclic) bond motifs is 1. The van der Waals surface area contributed by atoms with Gasteiger partial charge in [0.1, 0.15) is 11.5 Å². The van der Waals surface area contributed by atoms with Crippen molar-refractivity contribution >= 4 is 17.5 Å². The fourth-order valence-corrected chi connectivity index (χ4v) is 2.87. The molecule has 5 heteroatoms. The molecule has 0 radical (unpaired) electrons. The van der Waals surface area contributed by atoms with Crippen molar-refractivity contribution in [3.63, 3.8) is 0 Å². The minimum atomic E-state index is -0.152. The molecule has 1 amide bonds. The van der Waals surface area contributed by atoms with Gasteiger partial charge in [0.2, 0.25) is 0 Å². The van der Waals surface area contributed by atoms with E-state index in [4.69, 9.17) is 21.1 Å². The number of rotatable bonds is 4. The third kappa shape index (κ3) is 3.77.